The standard InChI is InChI=1S/C21H16ClF2N2O2S/c1-13-3-9-20(18(24)11-13)26(29(2,27)28)19-10-6-15(22)12-17(19)21(25-26)14-4-7-16(23)8-5-14/h3-12H,1-2H3/q+1. The molecule has 0 amide bonds. The average Bonchev–Trinajstić information content (AvgIpc) is 2.97. The Morgan fingerprint density at radius 2 is 1.59 bits per heavy atom. The molecule has 0 aromatic heterocycles. The van der Waals surface area contributed by atoms with Crippen molar-refractivity contribution < 1.29 is 17.2 Å². The van der Waals surface area contributed by atoms with Crippen molar-refractivity contribution >= 4 is 38.7 Å². The molecular weight excluding hydrogens is 418 g/mol. The van der Waals surface area contributed by atoms with Gasteiger partial charge in [-0.15, -0.1) is 0 Å². The number of hydrogen-bond donors (Lipinski definition) is 0. The maximum absolute atomic E-state index is 15.0. The van der Waals surface area contributed by atoms with E-state index in [0.717, 1.165) is 6.26 Å². The summed E-state index contributed by atoms with van der Waals surface area (Å²) in [7, 11) is -4.04. The molecule has 0 saturated carbocycles. The van der Waals surface area contributed by atoms with Crippen LogP contribution < -0.4 is 4.00 Å². The van der Waals surface area contributed by atoms with Gasteiger partial charge in [-0.3, -0.25) is 0 Å². The molecule has 1 unspecified atom stereocenters. The topological polar surface area (TPSA) is 46.5 Å². The van der Waals surface area contributed by atoms with Gasteiger partial charge in [-0.05, 0) is 58.9 Å². The van der Waals surface area contributed by atoms with Gasteiger partial charge in [0, 0.05) is 22.7 Å². The molecule has 3 aromatic carbocycles. The third-order valence-electron chi connectivity index (χ3n) is 4.81. The summed E-state index contributed by atoms with van der Waals surface area (Å²) in [5, 5.41) is 4.88. The quantitative estimate of drug-likeness (QED) is 0.527. The van der Waals surface area contributed by atoms with Crippen LogP contribution in [0, 0.1) is 18.6 Å². The second-order valence-electron chi connectivity index (χ2n) is 6.88. The highest BCUT2D eigenvalue weighted by Gasteiger charge is 2.53. The molecule has 0 radical (unpaired) electrons. The van der Waals surface area contributed by atoms with Gasteiger partial charge >= 0.3 is 10.0 Å². The Kier molecular flexibility index (Phi) is 4.57. The zero-order chi connectivity index (χ0) is 21.0. The summed E-state index contributed by atoms with van der Waals surface area (Å²) in [6.45, 7) is 1.71. The number of fused-ring (bicyclic) bond motifs is 1. The zero-order valence-corrected chi connectivity index (χ0v) is 17.1. The number of nitrogens with zero attached hydrogens (tertiary/aromatic N) is 2. The number of sulfonamides is 1. The summed E-state index contributed by atoms with van der Waals surface area (Å²) in [4.78, 5) is 0. The predicted molar refractivity (Wildman–Crippen MR) is 111 cm³/mol. The first kappa shape index (κ1) is 19.7. The van der Waals surface area contributed by atoms with Gasteiger partial charge in [-0.2, -0.15) is 8.42 Å². The molecule has 1 aliphatic heterocycles. The van der Waals surface area contributed by atoms with Crippen LogP contribution in [0.1, 0.15) is 16.7 Å². The van der Waals surface area contributed by atoms with E-state index in [1.807, 2.05) is 0 Å². The van der Waals surface area contributed by atoms with Crippen LogP contribution in [0.2, 0.25) is 5.02 Å². The Morgan fingerprint density at radius 1 is 0.931 bits per heavy atom. The lowest BCUT2D eigenvalue weighted by Gasteiger charge is -2.26. The lowest BCUT2D eigenvalue weighted by Crippen LogP contribution is -2.43. The maximum Gasteiger partial charge on any atom is 0.328 e. The van der Waals surface area contributed by atoms with Crippen LogP contribution in [0.5, 0.6) is 0 Å². The minimum absolute atomic E-state index is 0.126. The SMILES string of the molecule is Cc1ccc([N+]2(S(C)(=O)=O)N=C(c3ccc(F)cc3)c3cc(Cl)ccc32)c(F)c1. The summed E-state index contributed by atoms with van der Waals surface area (Å²) in [5.41, 5.74) is 1.99. The first-order chi connectivity index (χ1) is 13.6. The first-order valence-electron chi connectivity index (χ1n) is 8.66. The van der Waals surface area contributed by atoms with Crippen LogP contribution in [-0.2, 0) is 10.0 Å². The van der Waals surface area contributed by atoms with Crippen molar-refractivity contribution in [2.45, 2.75) is 6.92 Å². The van der Waals surface area contributed by atoms with Crippen molar-refractivity contribution in [3.8, 4) is 0 Å². The van der Waals surface area contributed by atoms with E-state index in [4.69, 9.17) is 11.6 Å². The van der Waals surface area contributed by atoms with Crippen molar-refractivity contribution in [2.24, 2.45) is 5.10 Å². The number of halogens is 3. The van der Waals surface area contributed by atoms with Crippen LogP contribution in [0.4, 0.5) is 20.2 Å². The van der Waals surface area contributed by atoms with Gasteiger partial charge in [0.2, 0.25) is 5.69 Å². The zero-order valence-electron chi connectivity index (χ0n) is 15.5. The molecule has 4 nitrogen and oxygen atoms in total. The van der Waals surface area contributed by atoms with Crippen molar-refractivity contribution in [2.75, 3.05) is 6.26 Å². The van der Waals surface area contributed by atoms with Gasteiger partial charge in [-0.1, -0.05) is 22.8 Å². The van der Waals surface area contributed by atoms with E-state index < -0.39 is 25.7 Å². The van der Waals surface area contributed by atoms with Crippen LogP contribution in [0.3, 0.4) is 0 Å². The van der Waals surface area contributed by atoms with Crippen molar-refractivity contribution in [3.63, 3.8) is 0 Å². The molecule has 8 heteroatoms. The molecule has 148 valence electrons. The number of rotatable bonds is 3. The smallest absolute Gasteiger partial charge is 0.207 e. The van der Waals surface area contributed by atoms with E-state index in [9.17, 15) is 12.8 Å². The van der Waals surface area contributed by atoms with Crippen LogP contribution in [0.25, 0.3) is 0 Å². The minimum atomic E-state index is -4.04. The normalized spacial score (nSPS) is 18.4. The highest BCUT2D eigenvalue weighted by molar-refractivity contribution is 7.90. The monoisotopic (exact) mass is 433 g/mol. The third-order valence-corrected chi connectivity index (χ3v) is 6.48. The summed E-state index contributed by atoms with van der Waals surface area (Å²) in [5.74, 6) is -1.13. The Labute approximate surface area is 172 Å². The third kappa shape index (κ3) is 3.06. The van der Waals surface area contributed by atoms with Crippen molar-refractivity contribution in [3.05, 3.63) is 94.0 Å². The van der Waals surface area contributed by atoms with E-state index in [2.05, 4.69) is 5.10 Å². The summed E-state index contributed by atoms with van der Waals surface area (Å²) >= 11 is 6.16. The maximum atomic E-state index is 15.0. The fourth-order valence-electron chi connectivity index (χ4n) is 3.50. The minimum Gasteiger partial charge on any atom is -0.207 e. The lowest BCUT2D eigenvalue weighted by atomic mass is 10.0. The van der Waals surface area contributed by atoms with E-state index in [-0.39, 0.29) is 17.1 Å². The molecule has 29 heavy (non-hydrogen) atoms. The van der Waals surface area contributed by atoms with Gasteiger partial charge < -0.3 is 0 Å². The molecule has 0 bridgehead atoms. The molecule has 1 heterocycles. The van der Waals surface area contributed by atoms with Crippen LogP contribution in [0.15, 0.2) is 65.8 Å². The van der Waals surface area contributed by atoms with Gasteiger partial charge in [0.15, 0.2) is 11.5 Å². The molecule has 0 spiro atoms. The van der Waals surface area contributed by atoms with Crippen LogP contribution >= 0.6 is 11.6 Å². The highest BCUT2D eigenvalue weighted by Crippen LogP contribution is 2.48. The van der Waals surface area contributed by atoms with E-state index in [1.165, 1.54) is 48.5 Å². The first-order valence-corrected chi connectivity index (χ1v) is 10.9. The molecular formula is C21H16ClF2N2O2S+. The Hall–Kier alpha value is -2.61. The van der Waals surface area contributed by atoms with Crippen molar-refractivity contribution in [1.29, 1.82) is 0 Å². The number of benzene rings is 3. The van der Waals surface area contributed by atoms with Gasteiger partial charge in [0.25, 0.3) is 0 Å². The Balaban J connectivity index is 2.12. The Morgan fingerprint density at radius 3 is 2.21 bits per heavy atom. The second-order valence-corrected chi connectivity index (χ2v) is 9.31. The molecule has 4 rings (SSSR count). The Bertz CT molecular complexity index is 1270. The lowest BCUT2D eigenvalue weighted by molar-refractivity contribution is 0.504. The number of hydrogen-bond acceptors (Lipinski definition) is 3. The predicted octanol–water partition coefficient (Wildman–Crippen LogP) is 5.29. The molecule has 1 atom stereocenters. The van der Waals surface area contributed by atoms with E-state index in [0.29, 0.717) is 21.7 Å². The highest BCUT2D eigenvalue weighted by atomic mass is 35.5. The molecule has 0 N–H and O–H groups in total. The molecule has 0 saturated heterocycles. The fraction of sp³-hybridized carbons (Fsp3) is 0.0952. The molecule has 0 aliphatic carbocycles. The number of quaternary nitrogens is 1. The average molecular weight is 434 g/mol. The van der Waals surface area contributed by atoms with Gasteiger partial charge in [0.1, 0.15) is 11.5 Å². The van der Waals surface area contributed by atoms with Crippen molar-refractivity contribution in [1.82, 2.24) is 4.00 Å². The van der Waals surface area contributed by atoms with E-state index in [1.54, 1.807) is 19.1 Å². The fourth-order valence-corrected chi connectivity index (χ4v) is 4.93. The van der Waals surface area contributed by atoms with Gasteiger partial charge in [-0.25, -0.2) is 8.78 Å². The second kappa shape index (κ2) is 6.73. The molecule has 0 fully saturated rings. The summed E-state index contributed by atoms with van der Waals surface area (Å²) < 4.78 is 53.5. The van der Waals surface area contributed by atoms with E-state index >= 15 is 4.39 Å². The summed E-state index contributed by atoms with van der Waals surface area (Å²) in [6.07, 6.45) is 1.00. The molecule has 3 aromatic rings. The molecule has 1 aliphatic rings. The number of aryl methyl sites for hydroxylation is 1. The largest absolute Gasteiger partial charge is 0.328 e. The summed E-state index contributed by atoms with van der Waals surface area (Å²) in [6, 6.07) is 14.4. The van der Waals surface area contributed by atoms with Crippen LogP contribution in [-0.4, -0.2) is 20.4 Å². The van der Waals surface area contributed by atoms with Gasteiger partial charge in [0.05, 0.1) is 11.8 Å².